The highest BCUT2D eigenvalue weighted by molar-refractivity contribution is 9.10. The molecule has 1 heterocycles. The number of carbonyl (C=O) groups excluding carboxylic acids is 1. The monoisotopic (exact) mass is 248 g/mol. The molecule has 12 heavy (non-hydrogen) atoms. The number of nitrogens with zero attached hydrogens (tertiary/aromatic N) is 2. The second-order valence-electron chi connectivity index (χ2n) is 2.13. The van der Waals surface area contributed by atoms with E-state index < -0.39 is 0 Å². The van der Waals surface area contributed by atoms with E-state index in [0.29, 0.717) is 10.2 Å². The summed E-state index contributed by atoms with van der Waals surface area (Å²) in [6.45, 7) is 0. The quantitative estimate of drug-likeness (QED) is 0.594. The molecule has 0 amide bonds. The van der Waals surface area contributed by atoms with E-state index in [1.165, 1.54) is 17.8 Å². The van der Waals surface area contributed by atoms with E-state index in [-0.39, 0.29) is 5.78 Å². The lowest BCUT2D eigenvalue weighted by Gasteiger charge is -1.92. The zero-order valence-corrected chi connectivity index (χ0v) is 8.63. The molecule has 64 valence electrons. The van der Waals surface area contributed by atoms with Crippen molar-refractivity contribution in [2.24, 2.45) is 7.05 Å². The first-order valence-electron chi connectivity index (χ1n) is 3.15. The van der Waals surface area contributed by atoms with Gasteiger partial charge in [0.15, 0.2) is 5.78 Å². The smallest absolute Gasteiger partial charge is 0.191 e. The van der Waals surface area contributed by atoms with Crippen LogP contribution in [0.2, 0.25) is 0 Å². The molecule has 1 rings (SSSR count). The van der Waals surface area contributed by atoms with Gasteiger partial charge in [0, 0.05) is 12.6 Å². The van der Waals surface area contributed by atoms with Crippen molar-refractivity contribution in [1.82, 2.24) is 9.78 Å². The Morgan fingerprint density at radius 3 is 2.92 bits per heavy atom. The first-order chi connectivity index (χ1) is 5.66. The van der Waals surface area contributed by atoms with Crippen LogP contribution < -0.4 is 0 Å². The fourth-order valence-corrected chi connectivity index (χ4v) is 1.24. The van der Waals surface area contributed by atoms with Crippen LogP contribution in [0.4, 0.5) is 0 Å². The molecule has 0 aromatic carbocycles. The lowest BCUT2D eigenvalue weighted by Crippen LogP contribution is -1.94. The molecule has 0 radical (unpaired) electrons. The molecule has 0 bridgehead atoms. The molecular formula is C7H6BrClN2O. The molecule has 0 saturated carbocycles. The van der Waals surface area contributed by atoms with Gasteiger partial charge >= 0.3 is 0 Å². The highest BCUT2D eigenvalue weighted by atomic mass is 79.9. The van der Waals surface area contributed by atoms with Gasteiger partial charge in [-0.2, -0.15) is 5.10 Å². The van der Waals surface area contributed by atoms with E-state index in [1.54, 1.807) is 11.7 Å². The Morgan fingerprint density at radius 2 is 2.50 bits per heavy atom. The maximum Gasteiger partial charge on any atom is 0.191 e. The van der Waals surface area contributed by atoms with E-state index in [1.807, 2.05) is 0 Å². The molecule has 0 N–H and O–H groups in total. The number of rotatable bonds is 2. The zero-order chi connectivity index (χ0) is 9.14. The van der Waals surface area contributed by atoms with Gasteiger partial charge in [-0.1, -0.05) is 11.6 Å². The number of carbonyl (C=O) groups is 1. The number of aromatic nitrogens is 2. The van der Waals surface area contributed by atoms with E-state index >= 15 is 0 Å². The van der Waals surface area contributed by atoms with Crippen molar-refractivity contribution in [3.63, 3.8) is 0 Å². The third kappa shape index (κ3) is 1.76. The average molecular weight is 249 g/mol. The van der Waals surface area contributed by atoms with Crippen LogP contribution in [-0.4, -0.2) is 15.6 Å². The Labute approximate surface area is 83.1 Å². The van der Waals surface area contributed by atoms with Gasteiger partial charge < -0.3 is 0 Å². The average Bonchev–Trinajstić information content (AvgIpc) is 2.34. The van der Waals surface area contributed by atoms with E-state index in [4.69, 9.17) is 11.6 Å². The van der Waals surface area contributed by atoms with Crippen molar-refractivity contribution in [2.75, 3.05) is 0 Å². The second kappa shape index (κ2) is 3.87. The fraction of sp³-hybridized carbons (Fsp3) is 0.143. The lowest BCUT2D eigenvalue weighted by molar-refractivity contribution is 0.104. The number of hydrogen-bond donors (Lipinski definition) is 0. The van der Waals surface area contributed by atoms with E-state index in [0.717, 1.165) is 0 Å². The Bertz CT molecular complexity index is 332. The lowest BCUT2D eigenvalue weighted by atomic mass is 10.2. The summed E-state index contributed by atoms with van der Waals surface area (Å²) in [4.78, 5) is 11.2. The summed E-state index contributed by atoms with van der Waals surface area (Å²) in [5.41, 5.74) is 1.69. The molecule has 0 spiro atoms. The Morgan fingerprint density at radius 1 is 1.83 bits per heavy atom. The summed E-state index contributed by atoms with van der Waals surface area (Å²) in [6.07, 6.45) is 2.77. The van der Waals surface area contributed by atoms with E-state index in [2.05, 4.69) is 21.0 Å². The summed E-state index contributed by atoms with van der Waals surface area (Å²) in [5, 5.41) is 3.89. The predicted octanol–water partition coefficient (Wildman–Crippen LogP) is 2.12. The van der Waals surface area contributed by atoms with Crippen LogP contribution in [0.15, 0.2) is 22.4 Å². The van der Waals surface area contributed by atoms with Crippen LogP contribution in [-0.2, 0) is 7.05 Å². The maximum atomic E-state index is 11.2. The molecule has 0 saturated heterocycles. The summed E-state index contributed by atoms with van der Waals surface area (Å²) >= 11 is 8.48. The van der Waals surface area contributed by atoms with Crippen molar-refractivity contribution >= 4 is 33.3 Å². The van der Waals surface area contributed by atoms with Gasteiger partial charge in [0.25, 0.3) is 0 Å². The third-order valence-electron chi connectivity index (χ3n) is 1.35. The molecule has 3 nitrogen and oxygen atoms in total. The van der Waals surface area contributed by atoms with Gasteiger partial charge in [-0.3, -0.25) is 9.48 Å². The second-order valence-corrected chi connectivity index (χ2v) is 3.13. The zero-order valence-electron chi connectivity index (χ0n) is 6.29. The van der Waals surface area contributed by atoms with E-state index in [9.17, 15) is 4.79 Å². The molecule has 0 unspecified atom stereocenters. The van der Waals surface area contributed by atoms with Gasteiger partial charge in [0.1, 0.15) is 4.60 Å². The summed E-state index contributed by atoms with van der Waals surface area (Å²) in [7, 11) is 1.74. The molecule has 0 aliphatic carbocycles. The van der Waals surface area contributed by atoms with Gasteiger partial charge in [0.05, 0.1) is 11.8 Å². The summed E-state index contributed by atoms with van der Waals surface area (Å²) in [5.74, 6) is -0.162. The van der Waals surface area contributed by atoms with Gasteiger partial charge in [0.2, 0.25) is 0 Å². The third-order valence-corrected chi connectivity index (χ3v) is 2.41. The minimum absolute atomic E-state index is 0.162. The fourth-order valence-electron chi connectivity index (χ4n) is 0.735. The summed E-state index contributed by atoms with van der Waals surface area (Å²) in [6, 6.07) is 0. The minimum Gasteiger partial charge on any atom is -0.289 e. The van der Waals surface area contributed by atoms with Crippen molar-refractivity contribution in [2.45, 2.75) is 0 Å². The Balaban J connectivity index is 3.03. The van der Waals surface area contributed by atoms with Crippen molar-refractivity contribution < 1.29 is 4.79 Å². The van der Waals surface area contributed by atoms with Crippen LogP contribution in [0.1, 0.15) is 10.4 Å². The molecular weight excluding hydrogens is 243 g/mol. The predicted molar refractivity (Wildman–Crippen MR) is 50.2 cm³/mol. The standard InChI is InChI=1S/C7H6BrClN2O/c1-11-7(8)5(4-10-11)6(12)2-3-9/h2-4H,1H3/b3-2+. The topological polar surface area (TPSA) is 34.9 Å². The largest absolute Gasteiger partial charge is 0.289 e. The summed E-state index contributed by atoms with van der Waals surface area (Å²) < 4.78 is 2.22. The highest BCUT2D eigenvalue weighted by Crippen LogP contribution is 2.15. The number of ketones is 1. The van der Waals surface area contributed by atoms with Crippen molar-refractivity contribution in [1.29, 1.82) is 0 Å². The number of aryl methyl sites for hydroxylation is 1. The van der Waals surface area contributed by atoms with Gasteiger partial charge in [-0.25, -0.2) is 0 Å². The molecule has 0 fully saturated rings. The van der Waals surface area contributed by atoms with Crippen LogP contribution >= 0.6 is 27.5 Å². The molecule has 0 aliphatic rings. The molecule has 1 aromatic heterocycles. The van der Waals surface area contributed by atoms with Crippen LogP contribution in [0.25, 0.3) is 0 Å². The normalized spacial score (nSPS) is 10.9. The SMILES string of the molecule is Cn1ncc(C(=O)/C=C/Cl)c1Br. The number of hydrogen-bond acceptors (Lipinski definition) is 2. The first kappa shape index (κ1) is 9.48. The van der Waals surface area contributed by atoms with Crippen LogP contribution in [0, 0.1) is 0 Å². The number of halogens is 2. The Kier molecular flexibility index (Phi) is 3.05. The molecule has 5 heteroatoms. The molecule has 1 aromatic rings. The van der Waals surface area contributed by atoms with Crippen molar-refractivity contribution in [3.05, 3.63) is 28.0 Å². The van der Waals surface area contributed by atoms with Gasteiger partial charge in [-0.05, 0) is 22.0 Å². The maximum absolute atomic E-state index is 11.2. The molecule has 0 atom stereocenters. The van der Waals surface area contributed by atoms with Gasteiger partial charge in [-0.15, -0.1) is 0 Å². The highest BCUT2D eigenvalue weighted by Gasteiger charge is 2.10. The van der Waals surface area contributed by atoms with Crippen LogP contribution in [0.3, 0.4) is 0 Å². The van der Waals surface area contributed by atoms with Crippen molar-refractivity contribution in [3.8, 4) is 0 Å². The minimum atomic E-state index is -0.162. The molecule has 0 aliphatic heterocycles. The van der Waals surface area contributed by atoms with Crippen LogP contribution in [0.5, 0.6) is 0 Å². The number of allylic oxidation sites excluding steroid dienone is 1. The first-order valence-corrected chi connectivity index (χ1v) is 4.38. The Hall–Kier alpha value is -0.610.